The molecule has 0 spiro atoms. The molecule has 0 amide bonds. The first-order valence-corrected chi connectivity index (χ1v) is 8.33. The predicted octanol–water partition coefficient (Wildman–Crippen LogP) is 2.10. The van der Waals surface area contributed by atoms with Crippen molar-refractivity contribution in [2.45, 2.75) is 50.8 Å². The Morgan fingerprint density at radius 1 is 1.18 bits per heavy atom. The summed E-state index contributed by atoms with van der Waals surface area (Å²) in [7, 11) is -5.94. The highest BCUT2D eigenvalue weighted by atomic mass is 32.2. The van der Waals surface area contributed by atoms with E-state index in [4.69, 9.17) is 9.31 Å². The Bertz CT molecular complexity index is 570. The van der Waals surface area contributed by atoms with Crippen LogP contribution in [0.5, 0.6) is 0 Å². The average molecular weight is 341 g/mol. The van der Waals surface area contributed by atoms with E-state index in [0.717, 1.165) is 0 Å². The maximum Gasteiger partial charge on any atom is 0.511 e. The monoisotopic (exact) mass is 341 g/mol. The lowest BCUT2D eigenvalue weighted by molar-refractivity contribution is -0.0487. The van der Waals surface area contributed by atoms with Crippen molar-refractivity contribution in [3.05, 3.63) is 11.5 Å². The molecule has 5 nitrogen and oxygen atoms in total. The summed E-state index contributed by atoms with van der Waals surface area (Å²) < 4.78 is 72.3. The van der Waals surface area contributed by atoms with Crippen molar-refractivity contribution < 1.29 is 30.9 Å². The van der Waals surface area contributed by atoms with Gasteiger partial charge in [-0.3, -0.25) is 0 Å². The molecule has 2 rings (SSSR count). The first-order chi connectivity index (χ1) is 9.78. The molecule has 0 radical (unpaired) electrons. The van der Waals surface area contributed by atoms with Crippen LogP contribution in [-0.4, -0.2) is 49.6 Å². The zero-order valence-corrected chi connectivity index (χ0v) is 13.7. The Morgan fingerprint density at radius 2 is 1.68 bits per heavy atom. The summed E-state index contributed by atoms with van der Waals surface area (Å²) in [5, 5.41) is 0. The topological polar surface area (TPSA) is 55.8 Å². The van der Waals surface area contributed by atoms with Gasteiger partial charge in [-0.05, 0) is 39.6 Å². The van der Waals surface area contributed by atoms with Gasteiger partial charge in [-0.2, -0.15) is 17.5 Å². The number of sulfonamides is 1. The van der Waals surface area contributed by atoms with E-state index in [2.05, 4.69) is 0 Å². The predicted molar refractivity (Wildman–Crippen MR) is 75.3 cm³/mol. The molecular formula is C12H19BF3NO4S. The highest BCUT2D eigenvalue weighted by Gasteiger charge is 2.54. The number of hydrogen-bond donors (Lipinski definition) is 0. The Hall–Kier alpha value is -0.575. The fraction of sp³-hybridized carbons (Fsp3) is 0.833. The lowest BCUT2D eigenvalue weighted by atomic mass is 9.75. The fourth-order valence-corrected chi connectivity index (χ4v) is 3.13. The fourth-order valence-electron chi connectivity index (χ4n) is 2.24. The second kappa shape index (κ2) is 5.22. The van der Waals surface area contributed by atoms with Crippen molar-refractivity contribution in [3.63, 3.8) is 0 Å². The van der Waals surface area contributed by atoms with Crippen LogP contribution in [0.25, 0.3) is 0 Å². The molecule has 2 aliphatic heterocycles. The smallest absolute Gasteiger partial charge is 0.400 e. The van der Waals surface area contributed by atoms with Crippen LogP contribution in [0.2, 0.25) is 0 Å². The van der Waals surface area contributed by atoms with E-state index >= 15 is 0 Å². The molecule has 2 heterocycles. The SMILES string of the molecule is CC1(C)OB(C2=CCN(S(=O)(=O)C(F)(F)F)CC2)OC1(C)C. The van der Waals surface area contributed by atoms with Gasteiger partial charge in [-0.15, -0.1) is 0 Å². The maximum absolute atomic E-state index is 12.5. The van der Waals surface area contributed by atoms with Gasteiger partial charge >= 0.3 is 22.7 Å². The number of alkyl halides is 3. The molecule has 0 N–H and O–H groups in total. The van der Waals surface area contributed by atoms with Crippen molar-refractivity contribution in [3.8, 4) is 0 Å². The number of hydrogen-bond acceptors (Lipinski definition) is 4. The third-order valence-electron chi connectivity index (χ3n) is 4.40. The van der Waals surface area contributed by atoms with E-state index in [9.17, 15) is 21.6 Å². The van der Waals surface area contributed by atoms with Gasteiger partial charge in [-0.25, -0.2) is 8.42 Å². The molecular weight excluding hydrogens is 322 g/mol. The number of halogens is 3. The van der Waals surface area contributed by atoms with Crippen LogP contribution in [0.4, 0.5) is 13.2 Å². The summed E-state index contributed by atoms with van der Waals surface area (Å²) in [6.07, 6.45) is 1.58. The third kappa shape index (κ3) is 2.93. The molecule has 0 aromatic rings. The second-order valence-electron chi connectivity index (χ2n) is 6.43. The maximum atomic E-state index is 12.5. The number of rotatable bonds is 2. The number of nitrogens with zero attached hydrogens (tertiary/aromatic N) is 1. The second-order valence-corrected chi connectivity index (χ2v) is 8.36. The molecule has 0 unspecified atom stereocenters. The summed E-state index contributed by atoms with van der Waals surface area (Å²) in [4.78, 5) is 0. The summed E-state index contributed by atoms with van der Waals surface area (Å²) in [6.45, 7) is 6.92. The van der Waals surface area contributed by atoms with Gasteiger partial charge in [0.05, 0.1) is 11.2 Å². The van der Waals surface area contributed by atoms with Crippen LogP contribution in [0.3, 0.4) is 0 Å². The molecule has 0 aliphatic carbocycles. The van der Waals surface area contributed by atoms with E-state index in [1.165, 1.54) is 6.08 Å². The summed E-state index contributed by atoms with van der Waals surface area (Å²) in [5.74, 6) is 0. The normalized spacial score (nSPS) is 26.1. The van der Waals surface area contributed by atoms with Crippen LogP contribution in [0.1, 0.15) is 34.1 Å². The third-order valence-corrected chi connectivity index (χ3v) is 5.99. The first kappa shape index (κ1) is 17.8. The molecule has 1 saturated heterocycles. The van der Waals surface area contributed by atoms with E-state index < -0.39 is 33.9 Å². The van der Waals surface area contributed by atoms with Crippen molar-refractivity contribution in [1.29, 1.82) is 0 Å². The van der Waals surface area contributed by atoms with Crippen LogP contribution in [0.15, 0.2) is 11.5 Å². The van der Waals surface area contributed by atoms with Gasteiger partial charge in [-0.1, -0.05) is 6.08 Å². The molecule has 0 bridgehead atoms. The highest BCUT2D eigenvalue weighted by molar-refractivity contribution is 7.90. The van der Waals surface area contributed by atoms with Gasteiger partial charge in [0.15, 0.2) is 0 Å². The standard InChI is InChI=1S/C12H19BF3NO4S/c1-10(2)11(3,4)21-13(20-10)9-5-7-17(8-6-9)22(18,19)12(14,15)16/h5H,6-8H2,1-4H3. The van der Waals surface area contributed by atoms with Gasteiger partial charge in [0, 0.05) is 13.1 Å². The first-order valence-electron chi connectivity index (χ1n) is 6.89. The summed E-state index contributed by atoms with van der Waals surface area (Å²) in [6, 6.07) is 0. The van der Waals surface area contributed by atoms with E-state index in [-0.39, 0.29) is 19.5 Å². The molecule has 0 aromatic heterocycles. The molecule has 126 valence electrons. The lowest BCUT2D eigenvalue weighted by Gasteiger charge is -2.32. The summed E-state index contributed by atoms with van der Waals surface area (Å²) >= 11 is 0. The van der Waals surface area contributed by atoms with E-state index in [1.54, 1.807) is 0 Å². The van der Waals surface area contributed by atoms with E-state index in [1.807, 2.05) is 27.7 Å². The zero-order valence-electron chi connectivity index (χ0n) is 12.9. The van der Waals surface area contributed by atoms with Crippen molar-refractivity contribution in [2.75, 3.05) is 13.1 Å². The quantitative estimate of drug-likeness (QED) is 0.722. The van der Waals surface area contributed by atoms with Crippen molar-refractivity contribution in [1.82, 2.24) is 4.31 Å². The van der Waals surface area contributed by atoms with Gasteiger partial charge in [0.2, 0.25) is 0 Å². The Balaban J connectivity index is 2.11. The lowest BCUT2D eigenvalue weighted by Crippen LogP contribution is -2.44. The van der Waals surface area contributed by atoms with Crippen LogP contribution in [0, 0.1) is 0 Å². The Kier molecular flexibility index (Phi) is 4.22. The average Bonchev–Trinajstić information content (AvgIpc) is 2.57. The zero-order chi connectivity index (χ0) is 17.0. The Labute approximate surface area is 128 Å². The molecule has 10 heteroatoms. The molecule has 1 fully saturated rings. The van der Waals surface area contributed by atoms with Crippen molar-refractivity contribution >= 4 is 17.1 Å². The van der Waals surface area contributed by atoms with Crippen LogP contribution in [-0.2, 0) is 19.3 Å². The van der Waals surface area contributed by atoms with Gasteiger partial charge in [0.1, 0.15) is 0 Å². The molecule has 0 atom stereocenters. The van der Waals surface area contributed by atoms with Crippen LogP contribution >= 0.6 is 0 Å². The van der Waals surface area contributed by atoms with Gasteiger partial charge in [0.25, 0.3) is 0 Å². The minimum atomic E-state index is -5.29. The molecule has 2 aliphatic rings. The summed E-state index contributed by atoms with van der Waals surface area (Å²) in [5.41, 5.74) is -5.70. The molecule has 22 heavy (non-hydrogen) atoms. The van der Waals surface area contributed by atoms with E-state index in [0.29, 0.717) is 9.78 Å². The van der Waals surface area contributed by atoms with Gasteiger partial charge < -0.3 is 9.31 Å². The minimum Gasteiger partial charge on any atom is -0.400 e. The van der Waals surface area contributed by atoms with Crippen molar-refractivity contribution in [2.24, 2.45) is 0 Å². The van der Waals surface area contributed by atoms with Crippen LogP contribution < -0.4 is 0 Å². The Morgan fingerprint density at radius 3 is 2.05 bits per heavy atom. The molecule has 0 saturated carbocycles. The molecule has 0 aromatic carbocycles. The largest absolute Gasteiger partial charge is 0.511 e. The minimum absolute atomic E-state index is 0.145. The highest BCUT2D eigenvalue weighted by Crippen LogP contribution is 2.39.